The molecule has 7 N–H and O–H groups in total. The smallest absolute Gasteiger partial charge is 0.408 e. The van der Waals surface area contributed by atoms with Gasteiger partial charge in [-0.25, -0.2) is 4.79 Å². The molecule has 0 bridgehead atoms. The van der Waals surface area contributed by atoms with Crippen LogP contribution in [0, 0.1) is 11.8 Å². The van der Waals surface area contributed by atoms with Crippen LogP contribution in [0.25, 0.3) is 0 Å². The predicted molar refractivity (Wildman–Crippen MR) is 197 cm³/mol. The Bertz CT molecular complexity index is 1530. The lowest BCUT2D eigenvalue weighted by Gasteiger charge is -2.32. The number of aliphatic hydroxyl groups is 1. The summed E-state index contributed by atoms with van der Waals surface area (Å²) in [7, 11) is 0. The van der Waals surface area contributed by atoms with Gasteiger partial charge in [-0.2, -0.15) is 0 Å². The number of nitrogens with one attached hydrogen (secondary N) is 4. The Kier molecular flexibility index (Phi) is 15.6. The molecule has 2 aromatic rings. The van der Waals surface area contributed by atoms with Crippen LogP contribution in [0.1, 0.15) is 76.3 Å². The first kappa shape index (κ1) is 40.8. The number of hydrogen-bond donors (Lipinski definition) is 6. The second-order valence-corrected chi connectivity index (χ2v) is 14.3. The van der Waals surface area contributed by atoms with Crippen LogP contribution in [0.5, 0.6) is 0 Å². The van der Waals surface area contributed by atoms with E-state index in [1.165, 1.54) is 11.3 Å². The third kappa shape index (κ3) is 12.6. The van der Waals surface area contributed by atoms with Gasteiger partial charge in [0.25, 0.3) is 5.91 Å². The fourth-order valence-electron chi connectivity index (χ4n) is 6.89. The molecule has 1 saturated carbocycles. The quantitative estimate of drug-likeness (QED) is 0.141. The van der Waals surface area contributed by atoms with E-state index in [1.807, 2.05) is 19.9 Å². The zero-order valence-corrected chi connectivity index (χ0v) is 30.6. The van der Waals surface area contributed by atoms with Crippen LogP contribution in [0.15, 0.2) is 60.7 Å². The summed E-state index contributed by atoms with van der Waals surface area (Å²) in [5.74, 6) is -3.11. The molecule has 2 aliphatic rings. The Morgan fingerprint density at radius 1 is 0.830 bits per heavy atom. The lowest BCUT2D eigenvalue weighted by molar-refractivity contribution is -0.147. The predicted octanol–water partition coefficient (Wildman–Crippen LogP) is 2.07. The lowest BCUT2D eigenvalue weighted by atomic mass is 9.89. The fourth-order valence-corrected chi connectivity index (χ4v) is 6.89. The maximum Gasteiger partial charge on any atom is 0.408 e. The Morgan fingerprint density at radius 3 is 2.09 bits per heavy atom. The summed E-state index contributed by atoms with van der Waals surface area (Å²) in [4.78, 5) is 80.2. The molecule has 14 heteroatoms. The molecule has 288 valence electrons. The molecule has 0 aromatic heterocycles. The van der Waals surface area contributed by atoms with E-state index in [9.17, 15) is 33.9 Å². The third-order valence-electron chi connectivity index (χ3n) is 9.86. The van der Waals surface area contributed by atoms with Gasteiger partial charge in [0.1, 0.15) is 24.7 Å². The third-order valence-corrected chi connectivity index (χ3v) is 9.86. The van der Waals surface area contributed by atoms with Crippen LogP contribution < -0.4 is 27.0 Å². The molecule has 0 radical (unpaired) electrons. The van der Waals surface area contributed by atoms with Gasteiger partial charge in [-0.1, -0.05) is 93.8 Å². The van der Waals surface area contributed by atoms with Crippen molar-refractivity contribution >= 4 is 35.6 Å². The number of hydrogen-bond acceptors (Lipinski definition) is 8. The van der Waals surface area contributed by atoms with Gasteiger partial charge in [-0.05, 0) is 55.1 Å². The topological polar surface area (TPSA) is 209 Å². The van der Waals surface area contributed by atoms with Crippen molar-refractivity contribution in [2.24, 2.45) is 17.6 Å². The monoisotopic (exact) mass is 734 g/mol. The summed E-state index contributed by atoms with van der Waals surface area (Å²) in [5.41, 5.74) is 6.78. The van der Waals surface area contributed by atoms with Crippen molar-refractivity contribution in [3.63, 3.8) is 0 Å². The van der Waals surface area contributed by atoms with E-state index >= 15 is 0 Å². The molecule has 1 saturated heterocycles. The van der Waals surface area contributed by atoms with Crippen molar-refractivity contribution in [3.8, 4) is 0 Å². The first-order valence-electron chi connectivity index (χ1n) is 18.6. The number of carbonyl (C=O) groups excluding carboxylic acids is 6. The van der Waals surface area contributed by atoms with Crippen molar-refractivity contribution < 1.29 is 38.6 Å². The van der Waals surface area contributed by atoms with E-state index in [0.717, 1.165) is 25.7 Å². The second kappa shape index (κ2) is 20.3. The molecule has 2 fully saturated rings. The van der Waals surface area contributed by atoms with Gasteiger partial charge in [0.15, 0.2) is 6.10 Å². The first-order chi connectivity index (χ1) is 25.4. The highest BCUT2D eigenvalue weighted by atomic mass is 16.5. The van der Waals surface area contributed by atoms with Crippen molar-refractivity contribution in [3.05, 3.63) is 71.8 Å². The molecule has 1 heterocycles. The van der Waals surface area contributed by atoms with Gasteiger partial charge in [0, 0.05) is 13.1 Å². The molecule has 1 aliphatic heterocycles. The van der Waals surface area contributed by atoms with E-state index in [-0.39, 0.29) is 31.4 Å². The Balaban J connectivity index is 1.44. The summed E-state index contributed by atoms with van der Waals surface area (Å²) in [5, 5.41) is 22.4. The van der Waals surface area contributed by atoms with E-state index in [4.69, 9.17) is 10.5 Å². The van der Waals surface area contributed by atoms with Gasteiger partial charge in [-0.3, -0.25) is 24.0 Å². The van der Waals surface area contributed by atoms with Crippen LogP contribution in [0.2, 0.25) is 0 Å². The van der Waals surface area contributed by atoms with E-state index in [1.54, 1.807) is 54.6 Å². The summed E-state index contributed by atoms with van der Waals surface area (Å²) >= 11 is 0. The highest BCUT2D eigenvalue weighted by molar-refractivity contribution is 5.94. The summed E-state index contributed by atoms with van der Waals surface area (Å²) in [6.07, 6.45) is 3.08. The highest BCUT2D eigenvalue weighted by Crippen LogP contribution is 2.23. The number of likely N-dealkylation sites (tertiary alicyclic amines) is 1. The van der Waals surface area contributed by atoms with Crippen LogP contribution in [0.3, 0.4) is 0 Å². The molecular formula is C39H54N6O8. The van der Waals surface area contributed by atoms with E-state index in [0.29, 0.717) is 36.4 Å². The largest absolute Gasteiger partial charge is 0.445 e. The standard InChI is InChI=1S/C39H54N6O8/c1-25(2)33(37(50)41-23-27-15-8-4-9-16-27)44-36(49)31-19-12-20-45(31)38(51)34(47)29(21-26-13-6-3-7-14-26)42-35(48)30(22-32(40)46)43-39(52)53-24-28-17-10-5-11-18-28/h3,5-7,10-11,13-14,17-18,25,27,29-31,33-34,47H,4,8-9,12,15-16,19-24H2,1-2H3,(H2,40,46)(H,41,50)(H,42,48)(H,43,52)(H,44,49)/t29-,30-,31-,33-,34-/m0/s1. The minimum absolute atomic E-state index is 0.00250. The zero-order valence-electron chi connectivity index (χ0n) is 30.6. The van der Waals surface area contributed by atoms with Gasteiger partial charge in [-0.15, -0.1) is 0 Å². The molecule has 1 aliphatic carbocycles. The number of carbonyl (C=O) groups is 6. The van der Waals surface area contributed by atoms with Gasteiger partial charge in [0.05, 0.1) is 12.5 Å². The van der Waals surface area contributed by atoms with Crippen molar-refractivity contribution in [1.29, 1.82) is 0 Å². The van der Waals surface area contributed by atoms with Gasteiger partial charge in [0.2, 0.25) is 23.6 Å². The minimum atomic E-state index is -1.81. The number of nitrogens with zero attached hydrogens (tertiary/aromatic N) is 1. The molecule has 6 amide bonds. The van der Waals surface area contributed by atoms with Crippen LogP contribution in [0.4, 0.5) is 4.79 Å². The van der Waals surface area contributed by atoms with E-state index in [2.05, 4.69) is 21.3 Å². The molecule has 2 aromatic carbocycles. The molecule has 4 rings (SSSR count). The minimum Gasteiger partial charge on any atom is -0.445 e. The number of alkyl carbamates (subject to hydrolysis) is 1. The maximum atomic E-state index is 14.0. The van der Waals surface area contributed by atoms with E-state index < -0.39 is 66.4 Å². The van der Waals surface area contributed by atoms with Crippen LogP contribution in [-0.2, 0) is 41.7 Å². The van der Waals surface area contributed by atoms with Crippen LogP contribution >= 0.6 is 0 Å². The number of primary amides is 1. The summed E-state index contributed by atoms with van der Waals surface area (Å²) in [6, 6.07) is 13.2. The van der Waals surface area contributed by atoms with Crippen LogP contribution in [-0.4, -0.2) is 89.0 Å². The summed E-state index contributed by atoms with van der Waals surface area (Å²) < 4.78 is 5.22. The van der Waals surface area contributed by atoms with Crippen molar-refractivity contribution in [2.75, 3.05) is 13.1 Å². The van der Waals surface area contributed by atoms with Crippen molar-refractivity contribution in [2.45, 2.75) is 109 Å². The normalized spacial score (nSPS) is 18.3. The Morgan fingerprint density at radius 2 is 1.47 bits per heavy atom. The van der Waals surface area contributed by atoms with Gasteiger partial charge < -0.3 is 41.7 Å². The summed E-state index contributed by atoms with van der Waals surface area (Å²) in [6.45, 7) is 4.32. The average Bonchev–Trinajstić information content (AvgIpc) is 3.65. The average molecular weight is 735 g/mol. The number of aliphatic hydroxyl groups excluding tert-OH is 1. The Labute approximate surface area is 311 Å². The molecule has 5 atom stereocenters. The van der Waals surface area contributed by atoms with Gasteiger partial charge >= 0.3 is 6.09 Å². The number of rotatable bonds is 17. The number of ether oxygens (including phenoxy) is 1. The van der Waals surface area contributed by atoms with Crippen molar-refractivity contribution in [1.82, 2.24) is 26.2 Å². The molecule has 53 heavy (non-hydrogen) atoms. The zero-order chi connectivity index (χ0) is 38.3. The highest BCUT2D eigenvalue weighted by Gasteiger charge is 2.41. The first-order valence-corrected chi connectivity index (χ1v) is 18.6. The Hall–Kier alpha value is -4.98. The lowest BCUT2D eigenvalue weighted by Crippen LogP contribution is -2.59. The number of nitrogens with two attached hydrogens (primary N) is 1. The second-order valence-electron chi connectivity index (χ2n) is 14.3. The number of benzene rings is 2. The molecule has 14 nitrogen and oxygen atoms in total. The maximum absolute atomic E-state index is 14.0. The molecule has 0 spiro atoms. The molecular weight excluding hydrogens is 680 g/mol. The molecule has 0 unspecified atom stereocenters. The number of amides is 6. The fraction of sp³-hybridized carbons (Fsp3) is 0.538. The SMILES string of the molecule is CC(C)[C@H](NC(=O)[C@@H]1CCCN1C(=O)[C@@H](O)[C@H](Cc1ccccc1)NC(=O)[C@H](CC(N)=O)NC(=O)OCc1ccccc1)C(=O)NCC1CCCCC1.